The Hall–Kier alpha value is -2.97. The van der Waals surface area contributed by atoms with E-state index >= 15 is 0 Å². The zero-order chi connectivity index (χ0) is 25.1. The van der Waals surface area contributed by atoms with Crippen molar-refractivity contribution >= 4 is 59.4 Å². The molecule has 37 heavy (non-hydrogen) atoms. The van der Waals surface area contributed by atoms with Crippen molar-refractivity contribution in [2.24, 2.45) is 0 Å². The van der Waals surface area contributed by atoms with Crippen LogP contribution in [-0.4, -0.2) is 41.3 Å². The number of anilines is 1. The van der Waals surface area contributed by atoms with Crippen LogP contribution in [0.1, 0.15) is 72.1 Å². The minimum absolute atomic E-state index is 0. The molecule has 2 atom stereocenters. The van der Waals surface area contributed by atoms with Crippen LogP contribution in [0, 0.1) is 0 Å². The highest BCUT2D eigenvalue weighted by Gasteiger charge is 2.29. The summed E-state index contributed by atoms with van der Waals surface area (Å²) in [6.45, 7) is 0.720. The van der Waals surface area contributed by atoms with E-state index in [1.165, 1.54) is 0 Å². The number of rotatable bonds is 5. The second-order valence-electron chi connectivity index (χ2n) is 9.74. The van der Waals surface area contributed by atoms with Crippen molar-refractivity contribution < 1.29 is 14.4 Å². The first-order valence-electron chi connectivity index (χ1n) is 12.8. The van der Waals surface area contributed by atoms with E-state index in [1.807, 2.05) is 23.1 Å². The highest BCUT2D eigenvalue weighted by molar-refractivity contribution is 7.59. The number of benzene rings is 2. The topological polar surface area (TPSA) is 94.3 Å². The quantitative estimate of drug-likeness (QED) is 0.409. The van der Waals surface area contributed by atoms with Gasteiger partial charge >= 0.3 is 0 Å². The van der Waals surface area contributed by atoms with E-state index in [-0.39, 0.29) is 43.3 Å². The Morgan fingerprint density at radius 2 is 1.51 bits per heavy atom. The molecule has 1 aliphatic carbocycles. The van der Waals surface area contributed by atoms with Crippen LogP contribution in [0.2, 0.25) is 5.02 Å². The van der Waals surface area contributed by atoms with E-state index in [0.717, 1.165) is 68.1 Å². The van der Waals surface area contributed by atoms with Gasteiger partial charge in [0.15, 0.2) is 0 Å². The fourth-order valence-corrected chi connectivity index (χ4v) is 5.48. The summed E-state index contributed by atoms with van der Waals surface area (Å²) in [6, 6.07) is 12.4. The lowest BCUT2D eigenvalue weighted by Gasteiger charge is -2.33. The molecule has 5 rings (SSSR count). The average molecular weight is 541 g/mol. The van der Waals surface area contributed by atoms with Gasteiger partial charge in [0.1, 0.15) is 0 Å². The van der Waals surface area contributed by atoms with Crippen molar-refractivity contribution in [2.45, 2.75) is 63.5 Å². The first-order chi connectivity index (χ1) is 17.5. The van der Waals surface area contributed by atoms with Crippen LogP contribution in [0.3, 0.4) is 0 Å². The van der Waals surface area contributed by atoms with Gasteiger partial charge in [-0.25, -0.2) is 0 Å². The van der Waals surface area contributed by atoms with Crippen LogP contribution in [0.25, 0.3) is 10.9 Å². The van der Waals surface area contributed by atoms with E-state index in [0.29, 0.717) is 22.6 Å². The van der Waals surface area contributed by atoms with Crippen LogP contribution < -0.4 is 15.5 Å². The molecule has 196 valence electrons. The van der Waals surface area contributed by atoms with Crippen LogP contribution >= 0.6 is 25.1 Å². The van der Waals surface area contributed by atoms with Gasteiger partial charge in [0.2, 0.25) is 5.91 Å². The molecule has 2 aliphatic rings. The molecule has 3 aromatic rings. The molecule has 2 fully saturated rings. The normalized spacial score (nSPS) is 20.1. The van der Waals surface area contributed by atoms with Crippen molar-refractivity contribution in [2.75, 3.05) is 11.4 Å². The molecule has 7 nitrogen and oxygen atoms in total. The summed E-state index contributed by atoms with van der Waals surface area (Å²) < 4.78 is 0. The predicted molar refractivity (Wildman–Crippen MR) is 152 cm³/mol. The standard InChI is InChI=1S/C28H31ClN4O3.H2S/c29-22-17-30-25-16-19(11-14-21(22)25)28(36)32-24-7-4-3-6-23(24)31-27(35)18-9-12-20(13-10-18)33-15-5-1-2-8-26(33)34;/h9-14,16-17,23-24,30H,1-8,15H2,(H,31,35)(H,32,36);1H2/t23?,24-;/m1./s1. The Kier molecular flexibility index (Phi) is 8.82. The lowest BCUT2D eigenvalue weighted by molar-refractivity contribution is -0.118. The van der Waals surface area contributed by atoms with E-state index < -0.39 is 0 Å². The third kappa shape index (κ3) is 6.13. The molecule has 3 N–H and O–H groups in total. The first kappa shape index (κ1) is 27.1. The molecule has 0 radical (unpaired) electrons. The van der Waals surface area contributed by atoms with Gasteiger partial charge in [-0.3, -0.25) is 14.4 Å². The summed E-state index contributed by atoms with van der Waals surface area (Å²) in [5, 5.41) is 7.77. The maximum atomic E-state index is 13.0. The van der Waals surface area contributed by atoms with Crippen molar-refractivity contribution in [1.29, 1.82) is 0 Å². The third-order valence-electron chi connectivity index (χ3n) is 7.31. The fraction of sp³-hybridized carbons (Fsp3) is 0.393. The zero-order valence-electron chi connectivity index (χ0n) is 20.7. The number of nitrogens with one attached hydrogen (secondary N) is 3. The van der Waals surface area contributed by atoms with Crippen LogP contribution in [0.15, 0.2) is 48.7 Å². The minimum Gasteiger partial charge on any atom is -0.360 e. The van der Waals surface area contributed by atoms with Crippen molar-refractivity contribution in [3.8, 4) is 0 Å². The number of aromatic amines is 1. The second kappa shape index (κ2) is 12.0. The third-order valence-corrected chi connectivity index (χ3v) is 7.62. The van der Waals surface area contributed by atoms with Crippen LogP contribution in [0.4, 0.5) is 5.69 Å². The summed E-state index contributed by atoms with van der Waals surface area (Å²) in [5.74, 6) is -0.193. The fourth-order valence-electron chi connectivity index (χ4n) is 5.26. The molecule has 1 aromatic heterocycles. The summed E-state index contributed by atoms with van der Waals surface area (Å²) in [5.41, 5.74) is 2.74. The Morgan fingerprint density at radius 1 is 0.865 bits per heavy atom. The lowest BCUT2D eigenvalue weighted by Crippen LogP contribution is -2.53. The molecule has 1 unspecified atom stereocenters. The number of hydrogen-bond acceptors (Lipinski definition) is 3. The van der Waals surface area contributed by atoms with E-state index in [1.54, 1.807) is 30.5 Å². The maximum absolute atomic E-state index is 13.0. The zero-order valence-corrected chi connectivity index (χ0v) is 22.4. The number of aromatic nitrogens is 1. The van der Waals surface area contributed by atoms with Crippen molar-refractivity contribution in [3.05, 3.63) is 64.8 Å². The molecule has 1 saturated heterocycles. The molecule has 2 aromatic carbocycles. The second-order valence-corrected chi connectivity index (χ2v) is 10.2. The molecular formula is C28H33ClN4O3S. The van der Waals surface area contributed by atoms with Crippen LogP contribution in [0.5, 0.6) is 0 Å². The maximum Gasteiger partial charge on any atom is 0.251 e. The molecule has 0 bridgehead atoms. The molecule has 9 heteroatoms. The van der Waals surface area contributed by atoms with Gasteiger partial charge in [0.05, 0.1) is 5.02 Å². The number of nitrogens with zero attached hydrogens (tertiary/aromatic N) is 1. The van der Waals surface area contributed by atoms with E-state index in [4.69, 9.17) is 11.6 Å². The number of fused-ring (bicyclic) bond motifs is 1. The lowest BCUT2D eigenvalue weighted by atomic mass is 9.89. The molecule has 2 heterocycles. The number of H-pyrrole nitrogens is 1. The molecule has 0 spiro atoms. The van der Waals surface area contributed by atoms with Gasteiger partial charge in [-0.05, 0) is 62.1 Å². The Labute approximate surface area is 228 Å². The smallest absolute Gasteiger partial charge is 0.251 e. The molecular weight excluding hydrogens is 508 g/mol. The van der Waals surface area contributed by atoms with Gasteiger partial charge in [-0.15, -0.1) is 0 Å². The summed E-state index contributed by atoms with van der Waals surface area (Å²) >= 11 is 6.15. The predicted octanol–water partition coefficient (Wildman–Crippen LogP) is 5.31. The SMILES string of the molecule is O=C(NC1CCCC[C@H]1NC(=O)c1ccc2c(Cl)c[nH]c2c1)c1ccc(N2CCCCCC2=O)cc1.S. The average Bonchev–Trinajstić information content (AvgIpc) is 3.12. The number of carbonyl (C=O) groups excluding carboxylic acids is 3. The van der Waals surface area contributed by atoms with Gasteiger partial charge < -0.3 is 20.5 Å². The summed E-state index contributed by atoms with van der Waals surface area (Å²) in [7, 11) is 0. The van der Waals surface area contributed by atoms with Gasteiger partial charge in [-0.1, -0.05) is 36.9 Å². The van der Waals surface area contributed by atoms with Crippen molar-refractivity contribution in [3.63, 3.8) is 0 Å². The molecule has 3 amide bonds. The van der Waals surface area contributed by atoms with Gasteiger partial charge in [0, 0.05) is 59.0 Å². The molecule has 1 aliphatic heterocycles. The monoisotopic (exact) mass is 540 g/mol. The largest absolute Gasteiger partial charge is 0.360 e. The van der Waals surface area contributed by atoms with Crippen molar-refractivity contribution in [1.82, 2.24) is 15.6 Å². The first-order valence-corrected chi connectivity index (χ1v) is 13.2. The summed E-state index contributed by atoms with van der Waals surface area (Å²) in [4.78, 5) is 43.3. The van der Waals surface area contributed by atoms with E-state index in [9.17, 15) is 14.4 Å². The van der Waals surface area contributed by atoms with Crippen LogP contribution in [-0.2, 0) is 4.79 Å². The highest BCUT2D eigenvalue weighted by Crippen LogP contribution is 2.25. The Morgan fingerprint density at radius 3 is 2.22 bits per heavy atom. The van der Waals surface area contributed by atoms with Gasteiger partial charge in [0.25, 0.3) is 11.8 Å². The van der Waals surface area contributed by atoms with Gasteiger partial charge in [-0.2, -0.15) is 13.5 Å². The number of carbonyl (C=O) groups is 3. The Bertz CT molecular complexity index is 1280. The molecule has 1 saturated carbocycles. The summed E-state index contributed by atoms with van der Waals surface area (Å²) in [6.07, 6.45) is 8.89. The van der Waals surface area contributed by atoms with E-state index in [2.05, 4.69) is 15.6 Å². The number of halogens is 1. The minimum atomic E-state index is -0.169. The number of amides is 3. The number of hydrogen-bond donors (Lipinski definition) is 3. The Balaban J connectivity index is 0.00000320. The highest BCUT2D eigenvalue weighted by atomic mass is 35.5.